The van der Waals surface area contributed by atoms with Crippen LogP contribution in [0.5, 0.6) is 5.75 Å². The third-order valence-electron chi connectivity index (χ3n) is 7.11. The second kappa shape index (κ2) is 9.00. The third-order valence-corrected chi connectivity index (χ3v) is 7.11. The summed E-state index contributed by atoms with van der Waals surface area (Å²) < 4.78 is 19.5. The van der Waals surface area contributed by atoms with Gasteiger partial charge in [0, 0.05) is 55.0 Å². The first-order valence-corrected chi connectivity index (χ1v) is 11.4. The zero-order chi connectivity index (χ0) is 22.0. The smallest absolute Gasteiger partial charge is 0.129 e. The molecule has 4 nitrogen and oxygen atoms in total. The Labute approximate surface area is 188 Å². The molecule has 0 spiro atoms. The number of rotatable bonds is 6. The summed E-state index contributed by atoms with van der Waals surface area (Å²) in [5.41, 5.74) is 1.96. The molecule has 1 saturated heterocycles. The number of pyridine rings is 1. The molecule has 1 aliphatic carbocycles. The van der Waals surface area contributed by atoms with Crippen molar-refractivity contribution in [2.75, 3.05) is 13.1 Å². The van der Waals surface area contributed by atoms with Gasteiger partial charge < -0.3 is 9.84 Å². The number of hydrogen-bond donors (Lipinski definition) is 1. The number of halogens is 1. The van der Waals surface area contributed by atoms with Crippen LogP contribution in [0.1, 0.15) is 36.0 Å². The van der Waals surface area contributed by atoms with Crippen molar-refractivity contribution >= 4 is 0 Å². The summed E-state index contributed by atoms with van der Waals surface area (Å²) in [6, 6.07) is 18.7. The zero-order valence-corrected chi connectivity index (χ0v) is 18.2. The molecule has 2 fully saturated rings. The molecule has 2 atom stereocenters. The Morgan fingerprint density at radius 1 is 1.00 bits per heavy atom. The second-order valence-electron chi connectivity index (χ2n) is 9.11. The fourth-order valence-corrected chi connectivity index (χ4v) is 5.47. The Balaban J connectivity index is 1.22. The van der Waals surface area contributed by atoms with Gasteiger partial charge in [-0.3, -0.25) is 9.88 Å². The van der Waals surface area contributed by atoms with Crippen molar-refractivity contribution in [1.82, 2.24) is 9.88 Å². The predicted molar refractivity (Wildman–Crippen MR) is 121 cm³/mol. The van der Waals surface area contributed by atoms with E-state index in [4.69, 9.17) is 4.74 Å². The average Bonchev–Trinajstić information content (AvgIpc) is 2.81. The van der Waals surface area contributed by atoms with Crippen LogP contribution in [0.3, 0.4) is 0 Å². The van der Waals surface area contributed by atoms with Gasteiger partial charge in [0.25, 0.3) is 0 Å². The number of fused-ring (bicyclic) bond motifs is 2. The lowest BCUT2D eigenvalue weighted by molar-refractivity contribution is -0.148. The van der Waals surface area contributed by atoms with Crippen LogP contribution in [0, 0.1) is 17.7 Å². The van der Waals surface area contributed by atoms with Gasteiger partial charge in [-0.15, -0.1) is 0 Å². The number of hydrogen-bond acceptors (Lipinski definition) is 4. The zero-order valence-electron chi connectivity index (χ0n) is 18.2. The first-order chi connectivity index (χ1) is 15.6. The van der Waals surface area contributed by atoms with Crippen LogP contribution in [-0.2, 0) is 18.8 Å². The van der Waals surface area contributed by atoms with E-state index >= 15 is 0 Å². The summed E-state index contributed by atoms with van der Waals surface area (Å²) in [4.78, 5) is 6.73. The van der Waals surface area contributed by atoms with Gasteiger partial charge in [-0.05, 0) is 42.7 Å². The molecule has 2 heterocycles. The van der Waals surface area contributed by atoms with Gasteiger partial charge in [0.05, 0.1) is 5.60 Å². The van der Waals surface area contributed by atoms with Crippen molar-refractivity contribution in [2.45, 2.75) is 38.0 Å². The van der Waals surface area contributed by atoms with Gasteiger partial charge in [-0.2, -0.15) is 0 Å². The Hall–Kier alpha value is -2.76. The van der Waals surface area contributed by atoms with Gasteiger partial charge in [0.2, 0.25) is 0 Å². The highest BCUT2D eigenvalue weighted by Crippen LogP contribution is 2.49. The number of nitrogens with zero attached hydrogens (tertiary/aromatic N) is 2. The van der Waals surface area contributed by atoms with Crippen molar-refractivity contribution in [3.05, 3.63) is 95.6 Å². The number of ether oxygens (including phenoxy) is 1. The van der Waals surface area contributed by atoms with E-state index in [1.54, 1.807) is 18.3 Å². The van der Waals surface area contributed by atoms with Crippen LogP contribution in [0.15, 0.2) is 73.1 Å². The van der Waals surface area contributed by atoms with E-state index in [-0.39, 0.29) is 24.3 Å². The van der Waals surface area contributed by atoms with Gasteiger partial charge in [0.1, 0.15) is 18.2 Å². The standard InChI is InChI=1S/C27H29FN2O2/c28-26-9-2-1-5-21(26)19-32-25-12-10-20(11-13-25)16-30-17-23-6-3-7-24(18-30)27(23,31)22-8-4-14-29-15-22/h1-2,4-5,8-15,23-24,31H,3,6-7,16-19H2/t23-,24-/m0/s1. The monoisotopic (exact) mass is 432 g/mol. The molecule has 166 valence electrons. The molecule has 5 heteroatoms. The number of piperidine rings is 1. The van der Waals surface area contributed by atoms with Crippen LogP contribution in [0.4, 0.5) is 4.39 Å². The largest absolute Gasteiger partial charge is 0.489 e. The average molecular weight is 433 g/mol. The molecule has 2 aliphatic rings. The molecular formula is C27H29FN2O2. The molecule has 1 N–H and O–H groups in total. The van der Waals surface area contributed by atoms with E-state index in [0.717, 1.165) is 43.8 Å². The molecule has 0 amide bonds. The lowest BCUT2D eigenvalue weighted by Gasteiger charge is -2.53. The van der Waals surface area contributed by atoms with Crippen LogP contribution in [0.2, 0.25) is 0 Å². The van der Waals surface area contributed by atoms with Crippen molar-refractivity contribution in [1.29, 1.82) is 0 Å². The molecule has 3 aromatic rings. The van der Waals surface area contributed by atoms with Crippen LogP contribution in [-0.4, -0.2) is 28.1 Å². The van der Waals surface area contributed by atoms with Crippen LogP contribution >= 0.6 is 0 Å². The normalized spacial score (nSPS) is 25.4. The molecule has 0 unspecified atom stereocenters. The maximum atomic E-state index is 13.8. The number of likely N-dealkylation sites (tertiary alicyclic amines) is 1. The van der Waals surface area contributed by atoms with Crippen molar-refractivity contribution in [2.24, 2.45) is 11.8 Å². The summed E-state index contributed by atoms with van der Waals surface area (Å²) in [7, 11) is 0. The molecule has 1 aliphatic heterocycles. The second-order valence-corrected chi connectivity index (χ2v) is 9.11. The van der Waals surface area contributed by atoms with E-state index < -0.39 is 5.60 Å². The van der Waals surface area contributed by atoms with Crippen molar-refractivity contribution in [3.8, 4) is 5.75 Å². The third kappa shape index (κ3) is 4.15. The predicted octanol–water partition coefficient (Wildman–Crippen LogP) is 4.92. The summed E-state index contributed by atoms with van der Waals surface area (Å²) in [6.07, 6.45) is 6.87. The van der Waals surface area contributed by atoms with Crippen LogP contribution in [0.25, 0.3) is 0 Å². The molecular weight excluding hydrogens is 403 g/mol. The number of aromatic nitrogens is 1. The Kier molecular flexibility index (Phi) is 5.94. The molecule has 1 aromatic heterocycles. The fourth-order valence-electron chi connectivity index (χ4n) is 5.47. The molecule has 2 bridgehead atoms. The Bertz CT molecular complexity index is 1030. The minimum atomic E-state index is -0.770. The molecule has 32 heavy (non-hydrogen) atoms. The fraction of sp³-hybridized carbons (Fsp3) is 0.370. The number of aliphatic hydroxyl groups is 1. The Morgan fingerprint density at radius 2 is 1.75 bits per heavy atom. The molecule has 2 aromatic carbocycles. The number of benzene rings is 2. The minimum absolute atomic E-state index is 0.217. The van der Waals surface area contributed by atoms with Crippen molar-refractivity contribution in [3.63, 3.8) is 0 Å². The summed E-state index contributed by atoms with van der Waals surface area (Å²) in [6.45, 7) is 2.83. The first-order valence-electron chi connectivity index (χ1n) is 11.4. The van der Waals surface area contributed by atoms with Gasteiger partial charge in [-0.25, -0.2) is 4.39 Å². The van der Waals surface area contributed by atoms with Gasteiger partial charge in [-0.1, -0.05) is 42.8 Å². The van der Waals surface area contributed by atoms with E-state index in [1.807, 2.05) is 36.5 Å². The van der Waals surface area contributed by atoms with E-state index in [0.29, 0.717) is 5.56 Å². The van der Waals surface area contributed by atoms with E-state index in [1.165, 1.54) is 18.1 Å². The summed E-state index contributed by atoms with van der Waals surface area (Å²) in [5, 5.41) is 11.7. The van der Waals surface area contributed by atoms with E-state index in [9.17, 15) is 9.50 Å². The highest BCUT2D eigenvalue weighted by molar-refractivity contribution is 5.29. The maximum Gasteiger partial charge on any atom is 0.129 e. The van der Waals surface area contributed by atoms with Crippen molar-refractivity contribution < 1.29 is 14.2 Å². The molecule has 0 radical (unpaired) electrons. The quantitative estimate of drug-likeness (QED) is 0.601. The van der Waals surface area contributed by atoms with Gasteiger partial charge >= 0.3 is 0 Å². The summed E-state index contributed by atoms with van der Waals surface area (Å²) >= 11 is 0. The molecule has 5 rings (SSSR count). The van der Waals surface area contributed by atoms with E-state index in [2.05, 4.69) is 22.0 Å². The lowest BCUT2D eigenvalue weighted by Crippen LogP contribution is -2.57. The SMILES string of the molecule is OC1(c2cccnc2)[C@H]2CCC[C@H]1CN(Cc1ccc(OCc3ccccc3F)cc1)C2. The van der Waals surface area contributed by atoms with Gasteiger partial charge in [0.15, 0.2) is 0 Å². The highest BCUT2D eigenvalue weighted by Gasteiger charge is 2.51. The molecule has 1 saturated carbocycles. The lowest BCUT2D eigenvalue weighted by atomic mass is 9.63. The maximum absolute atomic E-state index is 13.8. The topological polar surface area (TPSA) is 45.6 Å². The van der Waals surface area contributed by atoms with Crippen LogP contribution < -0.4 is 4.74 Å². The highest BCUT2D eigenvalue weighted by atomic mass is 19.1. The first kappa shape index (κ1) is 21.1. The Morgan fingerprint density at radius 3 is 2.44 bits per heavy atom. The minimum Gasteiger partial charge on any atom is -0.489 e. The summed E-state index contributed by atoms with van der Waals surface area (Å²) in [5.74, 6) is 0.939.